The number of nitrogens with zero attached hydrogens (tertiary/aromatic N) is 1. The lowest BCUT2D eigenvalue weighted by molar-refractivity contribution is -0.141. The van der Waals surface area contributed by atoms with Gasteiger partial charge in [-0.15, -0.1) is 6.58 Å². The van der Waals surface area contributed by atoms with Crippen LogP contribution >= 0.6 is 0 Å². The van der Waals surface area contributed by atoms with Crippen molar-refractivity contribution < 1.29 is 28.9 Å². The van der Waals surface area contributed by atoms with Crippen LogP contribution < -0.4 is 5.32 Å². The molecule has 206 valence electrons. The summed E-state index contributed by atoms with van der Waals surface area (Å²) in [4.78, 5) is 27.3. The molecule has 1 fully saturated rings. The van der Waals surface area contributed by atoms with E-state index in [9.17, 15) is 14.7 Å². The summed E-state index contributed by atoms with van der Waals surface area (Å²) < 4.78 is 18.4. The lowest BCUT2D eigenvalue weighted by Gasteiger charge is -2.38. The summed E-state index contributed by atoms with van der Waals surface area (Å²) in [6.45, 7) is 11.0. The Morgan fingerprint density at radius 1 is 1.00 bits per heavy atom. The van der Waals surface area contributed by atoms with Gasteiger partial charge in [0.2, 0.25) is 5.91 Å². The van der Waals surface area contributed by atoms with Crippen molar-refractivity contribution in [3.63, 3.8) is 0 Å². The van der Waals surface area contributed by atoms with Gasteiger partial charge in [0.05, 0.1) is 31.8 Å². The third-order valence-corrected chi connectivity index (χ3v) is 6.23. The number of carbonyl (C=O) groups is 2. The molecule has 38 heavy (non-hydrogen) atoms. The Kier molecular flexibility index (Phi) is 10.5. The first kappa shape index (κ1) is 29.4. The summed E-state index contributed by atoms with van der Waals surface area (Å²) >= 11 is 0. The number of hydrogen-bond donors (Lipinski definition) is 2. The number of amides is 2. The van der Waals surface area contributed by atoms with Crippen molar-refractivity contribution >= 4 is 12.0 Å². The topological polar surface area (TPSA) is 97.3 Å². The minimum atomic E-state index is -1.11. The van der Waals surface area contributed by atoms with Crippen LogP contribution in [0.5, 0.6) is 0 Å². The van der Waals surface area contributed by atoms with Crippen molar-refractivity contribution in [1.29, 1.82) is 0 Å². The van der Waals surface area contributed by atoms with Crippen LogP contribution in [-0.2, 0) is 32.2 Å². The van der Waals surface area contributed by atoms with Gasteiger partial charge in [-0.3, -0.25) is 4.79 Å². The molecule has 2 aromatic rings. The summed E-state index contributed by atoms with van der Waals surface area (Å²) in [5, 5.41) is 14.4. The highest BCUT2D eigenvalue weighted by Crippen LogP contribution is 2.29. The number of hydrogen-bond acceptors (Lipinski definition) is 6. The van der Waals surface area contributed by atoms with Crippen molar-refractivity contribution in [2.24, 2.45) is 0 Å². The molecule has 0 aromatic heterocycles. The molecule has 0 saturated carbocycles. The van der Waals surface area contributed by atoms with E-state index in [1.165, 1.54) is 11.8 Å². The second kappa shape index (κ2) is 13.6. The fourth-order valence-electron chi connectivity index (χ4n) is 4.60. The van der Waals surface area contributed by atoms with Crippen LogP contribution in [0.1, 0.15) is 45.2 Å². The third-order valence-electron chi connectivity index (χ3n) is 6.23. The van der Waals surface area contributed by atoms with E-state index in [0.717, 1.165) is 11.1 Å². The Morgan fingerprint density at radius 2 is 1.53 bits per heavy atom. The van der Waals surface area contributed by atoms with Gasteiger partial charge >= 0.3 is 6.09 Å². The van der Waals surface area contributed by atoms with Gasteiger partial charge in [0.25, 0.3) is 0 Å². The average Bonchev–Trinajstić information content (AvgIpc) is 2.96. The molecule has 2 aromatic carbocycles. The zero-order valence-electron chi connectivity index (χ0n) is 22.7. The normalized spacial score (nSPS) is 23.8. The van der Waals surface area contributed by atoms with Crippen LogP contribution in [0, 0.1) is 0 Å². The minimum absolute atomic E-state index is 0.0614. The molecule has 2 amide bonds. The highest BCUT2D eigenvalue weighted by molar-refractivity contribution is 5.74. The van der Waals surface area contributed by atoms with E-state index in [4.69, 9.17) is 14.2 Å². The molecular weight excluding hydrogens is 484 g/mol. The largest absolute Gasteiger partial charge is 0.444 e. The van der Waals surface area contributed by atoms with Gasteiger partial charge in [0, 0.05) is 6.92 Å². The van der Waals surface area contributed by atoms with Gasteiger partial charge < -0.3 is 29.5 Å². The lowest BCUT2D eigenvalue weighted by Crippen LogP contribution is -2.59. The van der Waals surface area contributed by atoms with Crippen molar-refractivity contribution in [3.8, 4) is 0 Å². The van der Waals surface area contributed by atoms with Crippen molar-refractivity contribution in [2.75, 3.05) is 6.54 Å². The predicted octanol–water partition coefficient (Wildman–Crippen LogP) is 4.22. The Labute approximate surface area is 225 Å². The number of nitrogens with one attached hydrogen (secondary N) is 1. The molecule has 0 bridgehead atoms. The van der Waals surface area contributed by atoms with E-state index in [1.54, 1.807) is 26.8 Å². The van der Waals surface area contributed by atoms with Gasteiger partial charge in [0.15, 0.2) is 0 Å². The second-order valence-electron chi connectivity index (χ2n) is 10.5. The van der Waals surface area contributed by atoms with Gasteiger partial charge in [-0.05, 0) is 38.3 Å². The number of carbonyl (C=O) groups excluding carboxylic acids is 2. The maximum absolute atomic E-state index is 13.4. The van der Waals surface area contributed by atoms with Gasteiger partial charge in [-0.2, -0.15) is 0 Å². The maximum atomic E-state index is 13.4. The maximum Gasteiger partial charge on any atom is 0.410 e. The molecule has 1 heterocycles. The van der Waals surface area contributed by atoms with Crippen molar-refractivity contribution in [3.05, 3.63) is 84.4 Å². The molecule has 2 N–H and O–H groups in total. The quantitative estimate of drug-likeness (QED) is 0.477. The molecule has 1 aliphatic heterocycles. The van der Waals surface area contributed by atoms with E-state index >= 15 is 0 Å². The molecule has 1 saturated heterocycles. The summed E-state index contributed by atoms with van der Waals surface area (Å²) in [5.74, 6) is -0.292. The molecule has 8 nitrogen and oxygen atoms in total. The number of likely N-dealkylation sites (tertiary alicyclic amines) is 1. The Balaban J connectivity index is 2.02. The molecule has 0 spiro atoms. The number of rotatable bonds is 9. The van der Waals surface area contributed by atoms with Crippen molar-refractivity contribution in [1.82, 2.24) is 10.2 Å². The number of aliphatic hydroxyl groups excluding tert-OH is 1. The number of β-amino-alcohol motifs (C(OH)–C–C–N with tert-alkyl or cyclic N) is 1. The molecule has 3 rings (SSSR count). The molecule has 1 aliphatic rings. The lowest BCUT2D eigenvalue weighted by atomic mass is 9.94. The average molecular weight is 525 g/mol. The Bertz CT molecular complexity index is 1040. The first-order valence-corrected chi connectivity index (χ1v) is 13.0. The van der Waals surface area contributed by atoms with Gasteiger partial charge in [-0.1, -0.05) is 66.7 Å². The zero-order valence-corrected chi connectivity index (χ0v) is 22.7. The van der Waals surface area contributed by atoms with Crippen LogP contribution in [0.2, 0.25) is 0 Å². The third kappa shape index (κ3) is 8.41. The summed E-state index contributed by atoms with van der Waals surface area (Å²) in [5.41, 5.74) is 1.11. The molecule has 0 unspecified atom stereocenters. The molecule has 8 heteroatoms. The highest BCUT2D eigenvalue weighted by Gasteiger charge is 2.48. The number of aliphatic hydroxyl groups is 1. The number of benzene rings is 2. The Morgan fingerprint density at radius 3 is 2.00 bits per heavy atom. The van der Waals surface area contributed by atoms with Crippen LogP contribution in [0.15, 0.2) is 73.3 Å². The first-order chi connectivity index (χ1) is 18.1. The van der Waals surface area contributed by atoms with E-state index in [0.29, 0.717) is 6.42 Å². The molecule has 5 atom stereocenters. The van der Waals surface area contributed by atoms with E-state index in [-0.39, 0.29) is 25.7 Å². The van der Waals surface area contributed by atoms with Crippen molar-refractivity contribution in [2.45, 2.75) is 83.3 Å². The smallest absolute Gasteiger partial charge is 0.410 e. The minimum Gasteiger partial charge on any atom is -0.444 e. The standard InChI is InChI=1S/C30H40N2O6/c1-6-13-24-26(31-21(2)33)28(37-20-23-16-11-8-12-17-23)27(36-19-22-14-9-7-10-15-22)25(34)18-32(24)29(35)38-30(3,4)5/h6-12,14-17,24-28,34H,1,13,18-20H2,2-5H3,(H,31,33)/t24-,25+,26-,27+,28+/m0/s1. The fraction of sp³-hybridized carbons (Fsp3) is 0.467. The summed E-state index contributed by atoms with van der Waals surface area (Å²) in [7, 11) is 0. The van der Waals surface area contributed by atoms with Crippen LogP contribution in [0.4, 0.5) is 4.79 Å². The SMILES string of the molecule is C=CC[C@H]1[C@H](NC(C)=O)[C@@H](OCc2ccccc2)[C@H](OCc2ccccc2)[C@H](O)CN1C(=O)OC(C)(C)C. The monoisotopic (exact) mass is 524 g/mol. The molecule has 0 aliphatic carbocycles. The first-order valence-electron chi connectivity index (χ1n) is 13.0. The molecular formula is C30H40N2O6. The van der Waals surface area contributed by atoms with Crippen LogP contribution in [0.3, 0.4) is 0 Å². The summed E-state index contributed by atoms with van der Waals surface area (Å²) in [6, 6.07) is 17.9. The predicted molar refractivity (Wildman–Crippen MR) is 145 cm³/mol. The second-order valence-corrected chi connectivity index (χ2v) is 10.5. The van der Waals surface area contributed by atoms with Gasteiger partial charge in [-0.25, -0.2) is 4.79 Å². The van der Waals surface area contributed by atoms with Crippen LogP contribution in [0.25, 0.3) is 0 Å². The Hall–Kier alpha value is -3.20. The van der Waals surface area contributed by atoms with E-state index in [1.807, 2.05) is 60.7 Å². The van der Waals surface area contributed by atoms with Gasteiger partial charge in [0.1, 0.15) is 23.9 Å². The fourth-order valence-corrected chi connectivity index (χ4v) is 4.60. The van der Waals surface area contributed by atoms with E-state index < -0.39 is 42.1 Å². The van der Waals surface area contributed by atoms with Crippen LogP contribution in [-0.4, -0.2) is 64.5 Å². The number of ether oxygens (including phenoxy) is 3. The van der Waals surface area contributed by atoms with E-state index in [2.05, 4.69) is 11.9 Å². The summed E-state index contributed by atoms with van der Waals surface area (Å²) in [6.07, 6.45) is -1.32. The zero-order chi connectivity index (χ0) is 27.7. The molecule has 0 radical (unpaired) electrons. The highest BCUT2D eigenvalue weighted by atomic mass is 16.6.